The van der Waals surface area contributed by atoms with E-state index in [9.17, 15) is 18.0 Å². The van der Waals surface area contributed by atoms with Crippen LogP contribution in [0.1, 0.15) is 5.69 Å². The molecule has 0 aliphatic carbocycles. The lowest BCUT2D eigenvalue weighted by Crippen LogP contribution is -2.34. The molecule has 148 valence electrons. The summed E-state index contributed by atoms with van der Waals surface area (Å²) in [5.74, 6) is -0.484. The van der Waals surface area contributed by atoms with Gasteiger partial charge in [-0.25, -0.2) is 19.2 Å². The van der Waals surface area contributed by atoms with Crippen LogP contribution < -0.4 is 15.9 Å². The van der Waals surface area contributed by atoms with Gasteiger partial charge in [0.15, 0.2) is 11.5 Å². The van der Waals surface area contributed by atoms with Crippen LogP contribution in [0.4, 0.5) is 15.9 Å². The molecular formula is C14H13BrFN7O4S. The van der Waals surface area contributed by atoms with Gasteiger partial charge in [0.25, 0.3) is 10.2 Å². The molecule has 28 heavy (non-hydrogen) atoms. The number of rotatable bonds is 5. The first-order valence-electron chi connectivity index (χ1n) is 7.49. The standard InChI is InChI=1S/C14H13BrFN7O4S/c15-10-7-9(1-2-11(10)16)19-13(20-24)12-14(22-27-21-12)18-8-3-5-23(6-4-8)28(17,25)26/h1-5,7,24H,6H2,(H,18,22)(H,19,20)(H2,17,25,26). The van der Waals surface area contributed by atoms with E-state index in [0.717, 1.165) is 4.31 Å². The molecule has 0 radical (unpaired) electrons. The predicted molar refractivity (Wildman–Crippen MR) is 100 cm³/mol. The number of hydrogen-bond acceptors (Lipinski definition) is 8. The lowest BCUT2D eigenvalue weighted by molar-refractivity contribution is 0.234. The van der Waals surface area contributed by atoms with Gasteiger partial charge >= 0.3 is 0 Å². The Labute approximate surface area is 166 Å². The Balaban J connectivity index is 1.83. The molecule has 11 nitrogen and oxygen atoms in total. The minimum Gasteiger partial charge on any atom is -0.336 e. The number of nitrogens with two attached hydrogens (primary N) is 1. The second-order valence-corrected chi connectivity index (χ2v) is 7.70. The Kier molecular flexibility index (Phi) is 5.73. The Morgan fingerprint density at radius 1 is 1.43 bits per heavy atom. The summed E-state index contributed by atoms with van der Waals surface area (Å²) in [6, 6.07) is 4.00. The van der Waals surface area contributed by atoms with Crippen LogP contribution in [0.3, 0.4) is 0 Å². The lowest BCUT2D eigenvalue weighted by atomic mass is 10.3. The first kappa shape index (κ1) is 19.9. The van der Waals surface area contributed by atoms with E-state index < -0.39 is 16.0 Å². The summed E-state index contributed by atoms with van der Waals surface area (Å²) < 4.78 is 41.8. The zero-order valence-corrected chi connectivity index (χ0v) is 16.3. The first-order chi connectivity index (χ1) is 13.3. The average molecular weight is 474 g/mol. The van der Waals surface area contributed by atoms with E-state index in [1.54, 1.807) is 6.08 Å². The summed E-state index contributed by atoms with van der Waals surface area (Å²) >= 11 is 3.05. The number of anilines is 1. The number of aromatic nitrogens is 2. The third kappa shape index (κ3) is 4.53. The van der Waals surface area contributed by atoms with Crippen molar-refractivity contribution in [2.24, 2.45) is 10.1 Å². The maximum Gasteiger partial charge on any atom is 0.298 e. The molecule has 0 bridgehead atoms. The molecule has 2 heterocycles. The minimum atomic E-state index is -3.84. The summed E-state index contributed by atoms with van der Waals surface area (Å²) in [7, 11) is -3.84. The Hall–Kier alpha value is -2.81. The van der Waals surface area contributed by atoms with Crippen molar-refractivity contribution < 1.29 is 22.6 Å². The van der Waals surface area contributed by atoms with E-state index in [0.29, 0.717) is 11.4 Å². The highest BCUT2D eigenvalue weighted by Gasteiger charge is 2.19. The highest BCUT2D eigenvalue weighted by molar-refractivity contribution is 9.10. The van der Waals surface area contributed by atoms with Gasteiger partial charge in [0.2, 0.25) is 5.82 Å². The molecule has 0 amide bonds. The van der Waals surface area contributed by atoms with Crippen molar-refractivity contribution in [3.8, 4) is 0 Å². The number of halogens is 2. The van der Waals surface area contributed by atoms with Crippen LogP contribution in [0.5, 0.6) is 0 Å². The summed E-state index contributed by atoms with van der Waals surface area (Å²) in [5, 5.41) is 24.7. The van der Waals surface area contributed by atoms with Crippen LogP contribution in [0.2, 0.25) is 0 Å². The largest absolute Gasteiger partial charge is 0.336 e. The fourth-order valence-electron chi connectivity index (χ4n) is 2.14. The molecule has 0 saturated carbocycles. The molecule has 0 saturated heterocycles. The predicted octanol–water partition coefficient (Wildman–Crippen LogP) is 1.36. The fraction of sp³-hybridized carbons (Fsp3) is 0.0714. The molecule has 0 spiro atoms. The van der Waals surface area contributed by atoms with Crippen molar-refractivity contribution in [1.82, 2.24) is 20.1 Å². The number of aliphatic imine (C=N–C) groups is 1. The van der Waals surface area contributed by atoms with Crippen LogP contribution in [-0.2, 0) is 10.2 Å². The lowest BCUT2D eigenvalue weighted by Gasteiger charge is -2.19. The van der Waals surface area contributed by atoms with Crippen molar-refractivity contribution >= 4 is 43.5 Å². The molecule has 14 heteroatoms. The van der Waals surface area contributed by atoms with Crippen LogP contribution in [0.15, 0.2) is 56.3 Å². The van der Waals surface area contributed by atoms with Crippen molar-refractivity contribution in [3.05, 3.63) is 58.2 Å². The molecule has 3 rings (SSSR count). The summed E-state index contributed by atoms with van der Waals surface area (Å²) in [6.07, 6.45) is 4.27. The number of allylic oxidation sites excluding steroid dienone is 1. The van der Waals surface area contributed by atoms with Crippen molar-refractivity contribution in [1.29, 1.82) is 0 Å². The van der Waals surface area contributed by atoms with Crippen molar-refractivity contribution in [3.63, 3.8) is 0 Å². The second-order valence-electron chi connectivity index (χ2n) is 5.35. The van der Waals surface area contributed by atoms with Gasteiger partial charge < -0.3 is 5.32 Å². The van der Waals surface area contributed by atoms with E-state index >= 15 is 0 Å². The normalized spacial score (nSPS) is 14.8. The monoisotopic (exact) mass is 473 g/mol. The van der Waals surface area contributed by atoms with E-state index in [4.69, 9.17) is 5.14 Å². The number of benzene rings is 1. The number of nitrogens with one attached hydrogen (secondary N) is 2. The van der Waals surface area contributed by atoms with Gasteiger partial charge in [-0.2, -0.15) is 8.42 Å². The van der Waals surface area contributed by atoms with E-state index in [1.807, 2.05) is 5.48 Å². The molecular weight excluding hydrogens is 461 g/mol. The Bertz CT molecular complexity index is 1080. The van der Waals surface area contributed by atoms with Gasteiger partial charge in [0, 0.05) is 11.9 Å². The molecule has 2 aromatic rings. The summed E-state index contributed by atoms with van der Waals surface area (Å²) in [6.45, 7) is 0.0150. The summed E-state index contributed by atoms with van der Waals surface area (Å²) in [4.78, 5) is 4.13. The topological polar surface area (TPSA) is 159 Å². The van der Waals surface area contributed by atoms with Gasteiger partial charge in [-0.05, 0) is 56.6 Å². The molecule has 1 aromatic heterocycles. The van der Waals surface area contributed by atoms with Crippen molar-refractivity contribution in [2.45, 2.75) is 0 Å². The van der Waals surface area contributed by atoms with Crippen LogP contribution in [0.25, 0.3) is 0 Å². The molecule has 1 aromatic carbocycles. The second kappa shape index (κ2) is 8.05. The van der Waals surface area contributed by atoms with Gasteiger partial charge in [-0.3, -0.25) is 15.0 Å². The maximum absolute atomic E-state index is 13.3. The molecule has 0 fully saturated rings. The molecule has 5 N–H and O–H groups in total. The van der Waals surface area contributed by atoms with Gasteiger partial charge in [0.1, 0.15) is 5.82 Å². The third-order valence-corrected chi connectivity index (χ3v) is 5.00. The highest BCUT2D eigenvalue weighted by Crippen LogP contribution is 2.23. The highest BCUT2D eigenvalue weighted by atomic mass is 79.9. The number of hydrogen-bond donors (Lipinski definition) is 4. The SMILES string of the molecule is NS(=O)(=O)N1C=CC(Nc2nonc2C(=Nc2ccc(F)c(Br)c2)NO)=CC1. The van der Waals surface area contributed by atoms with E-state index in [1.165, 1.54) is 30.5 Å². The van der Waals surface area contributed by atoms with Gasteiger partial charge in [-0.1, -0.05) is 0 Å². The molecule has 1 aliphatic rings. The summed E-state index contributed by atoms with van der Waals surface area (Å²) in [5.41, 5.74) is 2.73. The fourth-order valence-corrected chi connectivity index (χ4v) is 3.02. The number of hydroxylamine groups is 1. The van der Waals surface area contributed by atoms with Crippen LogP contribution in [-0.4, -0.2) is 40.6 Å². The maximum atomic E-state index is 13.3. The van der Waals surface area contributed by atoms with Gasteiger partial charge in [-0.15, -0.1) is 0 Å². The molecule has 1 aliphatic heterocycles. The molecule has 0 unspecified atom stereocenters. The van der Waals surface area contributed by atoms with Gasteiger partial charge in [0.05, 0.1) is 16.7 Å². The average Bonchev–Trinajstić information content (AvgIpc) is 3.10. The smallest absolute Gasteiger partial charge is 0.298 e. The quantitative estimate of drug-likeness (QED) is 0.287. The molecule has 0 atom stereocenters. The Morgan fingerprint density at radius 3 is 2.82 bits per heavy atom. The number of amidine groups is 1. The van der Waals surface area contributed by atoms with Crippen LogP contribution in [0, 0.1) is 5.82 Å². The first-order valence-corrected chi connectivity index (χ1v) is 9.79. The third-order valence-electron chi connectivity index (χ3n) is 3.46. The zero-order chi connectivity index (χ0) is 20.3. The van der Waals surface area contributed by atoms with E-state index in [2.05, 4.69) is 41.2 Å². The van der Waals surface area contributed by atoms with Crippen LogP contribution >= 0.6 is 15.9 Å². The Morgan fingerprint density at radius 2 is 2.21 bits per heavy atom. The van der Waals surface area contributed by atoms with E-state index in [-0.39, 0.29) is 28.4 Å². The zero-order valence-electron chi connectivity index (χ0n) is 13.9. The minimum absolute atomic E-state index is 0.0150. The number of nitrogens with zero attached hydrogens (tertiary/aromatic N) is 4. The van der Waals surface area contributed by atoms with Crippen molar-refractivity contribution in [2.75, 3.05) is 11.9 Å².